The number of methoxy groups -OCH3 is 2. The Bertz CT molecular complexity index is 597. The number of ether oxygens (including phenoxy) is 2. The van der Waals surface area contributed by atoms with E-state index in [4.69, 9.17) is 37.7 Å². The van der Waals surface area contributed by atoms with E-state index in [0.29, 0.717) is 13.2 Å². The lowest BCUT2D eigenvalue weighted by atomic mass is 9.88. The summed E-state index contributed by atoms with van der Waals surface area (Å²) in [6.07, 6.45) is 2.60. The minimum absolute atomic E-state index is 0.00510. The van der Waals surface area contributed by atoms with Crippen molar-refractivity contribution < 1.29 is 9.47 Å². The van der Waals surface area contributed by atoms with Gasteiger partial charge in [0, 0.05) is 19.2 Å². The molecule has 1 aromatic carbocycles. The first-order valence-electron chi connectivity index (χ1n) is 8.04. The van der Waals surface area contributed by atoms with Crippen LogP contribution in [0.25, 0.3) is 0 Å². The molecule has 0 saturated carbocycles. The van der Waals surface area contributed by atoms with Crippen molar-refractivity contribution in [3.8, 4) is 5.75 Å². The molecule has 1 heterocycles. The van der Waals surface area contributed by atoms with Gasteiger partial charge in [-0.25, -0.2) is 0 Å². The summed E-state index contributed by atoms with van der Waals surface area (Å²) in [7, 11) is 3.34. The molecule has 6 heteroatoms. The van der Waals surface area contributed by atoms with Gasteiger partial charge in [0.25, 0.3) is 0 Å². The number of alkyl halides is 2. The summed E-state index contributed by atoms with van der Waals surface area (Å²) in [4.78, 5) is 6.57. The molecule has 0 aliphatic carbocycles. The number of fused-ring (bicyclic) bond motifs is 1. The van der Waals surface area contributed by atoms with Crippen molar-refractivity contribution in [2.24, 2.45) is 10.4 Å². The van der Waals surface area contributed by atoms with E-state index >= 15 is 0 Å². The Labute approximate surface area is 154 Å². The Morgan fingerprint density at radius 1 is 1.33 bits per heavy atom. The average Bonchev–Trinajstić information content (AvgIpc) is 2.51. The monoisotopic (exact) mass is 372 g/mol. The third kappa shape index (κ3) is 4.16. The Morgan fingerprint density at radius 2 is 2.04 bits per heavy atom. The van der Waals surface area contributed by atoms with Gasteiger partial charge in [0.2, 0.25) is 4.46 Å². The van der Waals surface area contributed by atoms with E-state index < -0.39 is 4.46 Å². The van der Waals surface area contributed by atoms with Crippen molar-refractivity contribution in [2.45, 2.75) is 37.7 Å². The molecule has 0 spiro atoms. The molecule has 0 N–H and O–H groups in total. The number of aliphatic imine (C=N–C) groups is 1. The van der Waals surface area contributed by atoms with Gasteiger partial charge in [-0.2, -0.15) is 0 Å². The second-order valence-corrected chi connectivity index (χ2v) is 8.40. The topological polar surface area (TPSA) is 34.1 Å². The average molecular weight is 373 g/mol. The number of halogens is 2. The lowest BCUT2D eigenvalue weighted by Crippen LogP contribution is -2.43. The van der Waals surface area contributed by atoms with Gasteiger partial charge < -0.3 is 14.4 Å². The van der Waals surface area contributed by atoms with Gasteiger partial charge in [0.1, 0.15) is 5.75 Å². The van der Waals surface area contributed by atoms with Crippen molar-refractivity contribution in [1.82, 2.24) is 4.90 Å². The van der Waals surface area contributed by atoms with Gasteiger partial charge in [0.05, 0.1) is 26.1 Å². The van der Waals surface area contributed by atoms with Crippen LogP contribution in [0.15, 0.2) is 23.2 Å². The van der Waals surface area contributed by atoms with E-state index in [2.05, 4.69) is 20.8 Å². The molecular weight excluding hydrogens is 347 g/mol. The molecule has 1 aromatic rings. The highest BCUT2D eigenvalue weighted by Gasteiger charge is 2.38. The van der Waals surface area contributed by atoms with Gasteiger partial charge >= 0.3 is 0 Å². The minimum Gasteiger partial charge on any atom is -0.497 e. The molecular formula is C18H26Cl2N2O2. The summed E-state index contributed by atoms with van der Waals surface area (Å²) in [5, 5.41) is 0. The Hall–Kier alpha value is -0.970. The van der Waals surface area contributed by atoms with Crippen LogP contribution in [0.5, 0.6) is 5.75 Å². The third-order valence-corrected chi connectivity index (χ3v) is 5.17. The van der Waals surface area contributed by atoms with Crippen LogP contribution >= 0.6 is 23.2 Å². The maximum absolute atomic E-state index is 6.67. The quantitative estimate of drug-likeness (QED) is 0.335. The summed E-state index contributed by atoms with van der Waals surface area (Å²) >= 11 is 13.3. The molecule has 0 radical (unpaired) electrons. The van der Waals surface area contributed by atoms with Gasteiger partial charge in [-0.1, -0.05) is 50.0 Å². The summed E-state index contributed by atoms with van der Waals surface area (Å²) in [6.45, 7) is 7.67. The van der Waals surface area contributed by atoms with Crippen molar-refractivity contribution in [3.05, 3.63) is 29.3 Å². The zero-order valence-electron chi connectivity index (χ0n) is 15.0. The minimum atomic E-state index is -1.14. The van der Waals surface area contributed by atoms with Crippen LogP contribution in [0.2, 0.25) is 0 Å². The molecule has 0 bridgehead atoms. The maximum Gasteiger partial charge on any atom is 0.217 e. The first-order valence-corrected chi connectivity index (χ1v) is 8.80. The van der Waals surface area contributed by atoms with E-state index in [0.717, 1.165) is 23.3 Å². The number of benzene rings is 1. The van der Waals surface area contributed by atoms with E-state index in [1.54, 1.807) is 20.6 Å². The van der Waals surface area contributed by atoms with Crippen molar-refractivity contribution in [2.75, 3.05) is 27.4 Å². The van der Waals surface area contributed by atoms with Gasteiger partial charge in [-0.3, -0.25) is 4.99 Å². The van der Waals surface area contributed by atoms with E-state index in [1.165, 1.54) is 0 Å². The summed E-state index contributed by atoms with van der Waals surface area (Å²) in [6, 6.07) is 5.82. The Kier molecular flexibility index (Phi) is 6.05. The first-order chi connectivity index (χ1) is 11.2. The fourth-order valence-corrected chi connectivity index (χ4v) is 3.32. The predicted octanol–water partition coefficient (Wildman–Crippen LogP) is 4.23. The zero-order valence-corrected chi connectivity index (χ0v) is 16.5. The molecule has 0 saturated heterocycles. The number of nitrogens with zero attached hydrogens (tertiary/aromatic N) is 2. The second kappa shape index (κ2) is 7.51. The molecule has 134 valence electrons. The number of rotatable bonds is 5. The number of hydrogen-bond donors (Lipinski definition) is 0. The molecule has 0 aromatic heterocycles. The molecule has 2 rings (SSSR count). The molecule has 1 aliphatic heterocycles. The van der Waals surface area contributed by atoms with E-state index in [1.807, 2.05) is 23.1 Å². The summed E-state index contributed by atoms with van der Waals surface area (Å²) in [5.74, 6) is 0.813. The van der Waals surface area contributed by atoms with Crippen LogP contribution in [-0.4, -0.2) is 44.7 Å². The summed E-state index contributed by atoms with van der Waals surface area (Å²) in [5.41, 5.74) is 1.98. The van der Waals surface area contributed by atoms with Crippen LogP contribution in [0.3, 0.4) is 0 Å². The first kappa shape index (κ1) is 19.4. The van der Waals surface area contributed by atoms with Gasteiger partial charge in [-0.15, -0.1) is 0 Å². The van der Waals surface area contributed by atoms with Crippen molar-refractivity contribution in [3.63, 3.8) is 0 Å². The predicted molar refractivity (Wildman–Crippen MR) is 100 cm³/mol. The van der Waals surface area contributed by atoms with E-state index in [-0.39, 0.29) is 11.5 Å². The molecule has 0 amide bonds. The molecule has 0 fully saturated rings. The van der Waals surface area contributed by atoms with Crippen LogP contribution in [0.4, 0.5) is 0 Å². The normalized spacial score (nSPS) is 18.5. The fourth-order valence-electron chi connectivity index (χ4n) is 2.70. The largest absolute Gasteiger partial charge is 0.497 e. The van der Waals surface area contributed by atoms with Crippen molar-refractivity contribution >= 4 is 29.5 Å². The standard InChI is InChI=1S/C18H26Cl2N2O2/c1-17(2,3)16(11-23-4)21-12-22-9-8-13-10-14(24-5)6-7-15(13)18(22,19)20/h6-7,10,12,16H,8-9,11H2,1-5H3/t16-/m1/s1. The smallest absolute Gasteiger partial charge is 0.217 e. The zero-order chi connectivity index (χ0) is 18.0. The Balaban J connectivity index is 2.24. The molecule has 24 heavy (non-hydrogen) atoms. The Morgan fingerprint density at radius 3 is 2.62 bits per heavy atom. The van der Waals surface area contributed by atoms with Gasteiger partial charge in [-0.05, 0) is 29.5 Å². The van der Waals surface area contributed by atoms with Crippen LogP contribution in [-0.2, 0) is 15.6 Å². The highest BCUT2D eigenvalue weighted by molar-refractivity contribution is 6.48. The lowest BCUT2D eigenvalue weighted by molar-refractivity contribution is 0.135. The highest BCUT2D eigenvalue weighted by atomic mass is 35.5. The van der Waals surface area contributed by atoms with Crippen LogP contribution in [0.1, 0.15) is 31.9 Å². The SMILES string of the molecule is COC[C@@H](N=CN1CCc2cc(OC)ccc2C1(Cl)Cl)C(C)(C)C. The highest BCUT2D eigenvalue weighted by Crippen LogP contribution is 2.43. The maximum atomic E-state index is 6.67. The van der Waals surface area contributed by atoms with Crippen LogP contribution in [0, 0.1) is 5.41 Å². The number of hydrogen-bond acceptors (Lipinski definition) is 3. The van der Waals surface area contributed by atoms with Crippen LogP contribution < -0.4 is 4.74 Å². The van der Waals surface area contributed by atoms with E-state index in [9.17, 15) is 0 Å². The van der Waals surface area contributed by atoms with Gasteiger partial charge in [0.15, 0.2) is 0 Å². The molecule has 1 aliphatic rings. The third-order valence-electron chi connectivity index (χ3n) is 4.33. The van der Waals surface area contributed by atoms with Crippen molar-refractivity contribution in [1.29, 1.82) is 0 Å². The molecule has 1 atom stereocenters. The molecule has 0 unspecified atom stereocenters. The lowest BCUT2D eigenvalue weighted by Gasteiger charge is -2.39. The second-order valence-electron chi connectivity index (χ2n) is 7.11. The molecule has 4 nitrogen and oxygen atoms in total. The summed E-state index contributed by atoms with van der Waals surface area (Å²) < 4.78 is 9.43. The fraction of sp³-hybridized carbons (Fsp3) is 0.611.